The standard InChI is InChI=1S/C18H18BrN5O2S/c19-14-7-4-8-15(9-14)26-11-16-22-23-18(24(16)20)27-12-17(25)21-10-13-5-2-1-3-6-13/h1-9H,10-12,20H2,(H,21,25). The number of nitrogen functional groups attached to an aromatic ring is 1. The summed E-state index contributed by atoms with van der Waals surface area (Å²) in [6, 6.07) is 17.2. The first-order chi connectivity index (χ1) is 13.1. The maximum absolute atomic E-state index is 12.0. The highest BCUT2D eigenvalue weighted by molar-refractivity contribution is 9.10. The molecule has 0 spiro atoms. The summed E-state index contributed by atoms with van der Waals surface area (Å²) in [5, 5.41) is 11.4. The van der Waals surface area contributed by atoms with Crippen molar-refractivity contribution in [3.63, 3.8) is 0 Å². The Labute approximate surface area is 169 Å². The van der Waals surface area contributed by atoms with E-state index in [2.05, 4.69) is 31.4 Å². The highest BCUT2D eigenvalue weighted by atomic mass is 79.9. The molecule has 1 heterocycles. The molecular formula is C18H18BrN5O2S. The molecule has 1 amide bonds. The van der Waals surface area contributed by atoms with E-state index in [0.717, 1.165) is 10.0 Å². The third kappa shape index (κ3) is 5.73. The third-order valence-corrected chi connectivity index (χ3v) is 5.00. The molecule has 3 rings (SSSR count). The predicted octanol–water partition coefficient (Wildman–Crippen LogP) is 2.74. The lowest BCUT2D eigenvalue weighted by atomic mass is 10.2. The molecule has 0 atom stereocenters. The molecule has 27 heavy (non-hydrogen) atoms. The number of benzene rings is 2. The van der Waals surface area contributed by atoms with Crippen LogP contribution in [-0.2, 0) is 17.9 Å². The van der Waals surface area contributed by atoms with Crippen LogP contribution in [0, 0.1) is 0 Å². The molecule has 1 aromatic heterocycles. The fourth-order valence-electron chi connectivity index (χ4n) is 2.19. The summed E-state index contributed by atoms with van der Waals surface area (Å²) >= 11 is 4.61. The molecule has 0 bridgehead atoms. The monoisotopic (exact) mass is 447 g/mol. The lowest BCUT2D eigenvalue weighted by Crippen LogP contribution is -2.25. The van der Waals surface area contributed by atoms with E-state index in [-0.39, 0.29) is 18.3 Å². The van der Waals surface area contributed by atoms with Gasteiger partial charge in [0.1, 0.15) is 12.4 Å². The van der Waals surface area contributed by atoms with Crippen molar-refractivity contribution in [2.75, 3.05) is 11.6 Å². The summed E-state index contributed by atoms with van der Waals surface area (Å²) in [7, 11) is 0. The van der Waals surface area contributed by atoms with Crippen LogP contribution in [0.4, 0.5) is 0 Å². The molecule has 0 fully saturated rings. The van der Waals surface area contributed by atoms with Crippen molar-refractivity contribution < 1.29 is 9.53 Å². The normalized spacial score (nSPS) is 10.6. The van der Waals surface area contributed by atoms with Gasteiger partial charge in [-0.1, -0.05) is 64.1 Å². The minimum atomic E-state index is -0.0983. The Morgan fingerprint density at radius 2 is 2.00 bits per heavy atom. The second-order valence-corrected chi connectivity index (χ2v) is 7.42. The number of rotatable bonds is 8. The summed E-state index contributed by atoms with van der Waals surface area (Å²) in [6.07, 6.45) is 0. The summed E-state index contributed by atoms with van der Waals surface area (Å²) in [4.78, 5) is 12.0. The molecule has 0 aliphatic rings. The summed E-state index contributed by atoms with van der Waals surface area (Å²) in [5.41, 5.74) is 1.05. The van der Waals surface area contributed by atoms with Gasteiger partial charge in [0, 0.05) is 11.0 Å². The van der Waals surface area contributed by atoms with Gasteiger partial charge >= 0.3 is 0 Å². The van der Waals surface area contributed by atoms with Crippen molar-refractivity contribution in [2.45, 2.75) is 18.3 Å². The minimum absolute atomic E-state index is 0.0983. The number of nitrogens with zero attached hydrogens (tertiary/aromatic N) is 3. The Bertz CT molecular complexity index is 904. The lowest BCUT2D eigenvalue weighted by molar-refractivity contribution is -0.118. The van der Waals surface area contributed by atoms with E-state index in [4.69, 9.17) is 10.6 Å². The van der Waals surface area contributed by atoms with Gasteiger partial charge in [-0.05, 0) is 23.8 Å². The van der Waals surface area contributed by atoms with E-state index >= 15 is 0 Å². The largest absolute Gasteiger partial charge is 0.485 e. The van der Waals surface area contributed by atoms with Crippen LogP contribution in [0.3, 0.4) is 0 Å². The Kier molecular flexibility index (Phi) is 6.72. The molecule has 9 heteroatoms. The number of thioether (sulfide) groups is 1. The summed E-state index contributed by atoms with van der Waals surface area (Å²) in [6.45, 7) is 0.669. The van der Waals surface area contributed by atoms with E-state index in [1.54, 1.807) is 0 Å². The van der Waals surface area contributed by atoms with Gasteiger partial charge in [0.25, 0.3) is 0 Å². The minimum Gasteiger partial charge on any atom is -0.485 e. The topological polar surface area (TPSA) is 95.1 Å². The smallest absolute Gasteiger partial charge is 0.230 e. The fourth-order valence-corrected chi connectivity index (χ4v) is 3.27. The Morgan fingerprint density at radius 1 is 1.19 bits per heavy atom. The van der Waals surface area contributed by atoms with Crippen LogP contribution in [0.5, 0.6) is 5.75 Å². The molecule has 0 saturated heterocycles. The van der Waals surface area contributed by atoms with Gasteiger partial charge in [0.15, 0.2) is 5.82 Å². The van der Waals surface area contributed by atoms with Crippen molar-refractivity contribution in [1.82, 2.24) is 20.2 Å². The summed E-state index contributed by atoms with van der Waals surface area (Å²) < 4.78 is 7.92. The number of aromatic nitrogens is 3. The molecule has 3 aromatic rings. The molecule has 0 unspecified atom stereocenters. The average molecular weight is 448 g/mol. The lowest BCUT2D eigenvalue weighted by Gasteiger charge is -2.07. The maximum Gasteiger partial charge on any atom is 0.230 e. The quantitative estimate of drug-likeness (QED) is 0.407. The molecule has 7 nitrogen and oxygen atoms in total. The van der Waals surface area contributed by atoms with Crippen LogP contribution in [0.2, 0.25) is 0 Å². The molecule has 0 aliphatic heterocycles. The van der Waals surface area contributed by atoms with E-state index < -0.39 is 0 Å². The van der Waals surface area contributed by atoms with Gasteiger partial charge in [-0.25, -0.2) is 4.68 Å². The van der Waals surface area contributed by atoms with E-state index in [1.165, 1.54) is 16.4 Å². The van der Waals surface area contributed by atoms with Crippen LogP contribution in [-0.4, -0.2) is 26.5 Å². The first-order valence-electron chi connectivity index (χ1n) is 8.13. The zero-order valence-electron chi connectivity index (χ0n) is 14.3. The summed E-state index contributed by atoms with van der Waals surface area (Å²) in [5.74, 6) is 7.27. The Morgan fingerprint density at radius 3 is 2.78 bits per heavy atom. The highest BCUT2D eigenvalue weighted by Crippen LogP contribution is 2.19. The number of hydrogen-bond donors (Lipinski definition) is 2. The number of carbonyl (C=O) groups is 1. The molecule has 3 N–H and O–H groups in total. The van der Waals surface area contributed by atoms with E-state index in [9.17, 15) is 4.79 Å². The van der Waals surface area contributed by atoms with Crippen molar-refractivity contribution in [3.8, 4) is 5.75 Å². The second-order valence-electron chi connectivity index (χ2n) is 5.57. The van der Waals surface area contributed by atoms with Gasteiger partial charge in [-0.3, -0.25) is 4.79 Å². The van der Waals surface area contributed by atoms with E-state index in [1.807, 2.05) is 54.6 Å². The first-order valence-corrected chi connectivity index (χ1v) is 9.91. The van der Waals surface area contributed by atoms with Crippen molar-refractivity contribution in [2.24, 2.45) is 0 Å². The number of nitrogens with two attached hydrogens (primary N) is 1. The second kappa shape index (κ2) is 9.43. The number of carbonyl (C=O) groups excluding carboxylic acids is 1. The molecule has 140 valence electrons. The molecule has 0 radical (unpaired) electrons. The first kappa shape index (κ1) is 19.2. The van der Waals surface area contributed by atoms with E-state index in [0.29, 0.717) is 23.3 Å². The number of hydrogen-bond acceptors (Lipinski definition) is 6. The molecule has 0 saturated carbocycles. The SMILES string of the molecule is Nn1c(COc2cccc(Br)c2)nnc1SCC(=O)NCc1ccccc1. The van der Waals surface area contributed by atoms with Crippen LogP contribution in [0.15, 0.2) is 64.2 Å². The van der Waals surface area contributed by atoms with Gasteiger partial charge in [0.05, 0.1) is 5.75 Å². The molecule has 0 aliphatic carbocycles. The van der Waals surface area contributed by atoms with Crippen LogP contribution in [0.1, 0.15) is 11.4 Å². The zero-order valence-corrected chi connectivity index (χ0v) is 16.7. The predicted molar refractivity (Wildman–Crippen MR) is 108 cm³/mol. The van der Waals surface area contributed by atoms with Gasteiger partial charge in [-0.15, -0.1) is 10.2 Å². The van der Waals surface area contributed by atoms with Gasteiger partial charge in [-0.2, -0.15) is 0 Å². The maximum atomic E-state index is 12.0. The highest BCUT2D eigenvalue weighted by Gasteiger charge is 2.13. The van der Waals surface area contributed by atoms with Gasteiger partial charge < -0.3 is 15.9 Å². The zero-order chi connectivity index (χ0) is 19.1. The van der Waals surface area contributed by atoms with Crippen molar-refractivity contribution in [3.05, 3.63) is 70.5 Å². The molecular weight excluding hydrogens is 430 g/mol. The average Bonchev–Trinajstić information content (AvgIpc) is 3.03. The third-order valence-electron chi connectivity index (χ3n) is 3.56. The molecule has 2 aromatic carbocycles. The number of halogens is 1. The van der Waals surface area contributed by atoms with Crippen LogP contribution in [0.25, 0.3) is 0 Å². The number of amides is 1. The van der Waals surface area contributed by atoms with Crippen LogP contribution < -0.4 is 15.9 Å². The number of ether oxygens (including phenoxy) is 1. The van der Waals surface area contributed by atoms with Crippen LogP contribution >= 0.6 is 27.7 Å². The number of nitrogens with one attached hydrogen (secondary N) is 1. The van der Waals surface area contributed by atoms with Crippen molar-refractivity contribution in [1.29, 1.82) is 0 Å². The van der Waals surface area contributed by atoms with Crippen molar-refractivity contribution >= 4 is 33.6 Å². The Hall–Kier alpha value is -2.52. The van der Waals surface area contributed by atoms with Gasteiger partial charge in [0.2, 0.25) is 11.1 Å². The Balaban J connectivity index is 1.47. The fraction of sp³-hybridized carbons (Fsp3) is 0.167.